The van der Waals surface area contributed by atoms with Gasteiger partial charge in [-0.1, -0.05) is 26.3 Å². The van der Waals surface area contributed by atoms with Crippen LogP contribution in [0.15, 0.2) is 18.2 Å². The number of nitrogens with two attached hydrogens (primary N) is 1. The summed E-state index contributed by atoms with van der Waals surface area (Å²) in [5, 5.41) is 0. The van der Waals surface area contributed by atoms with Crippen LogP contribution in [0.25, 0.3) is 0 Å². The molecule has 1 aliphatic rings. The quantitative estimate of drug-likeness (QED) is 0.898. The van der Waals surface area contributed by atoms with Gasteiger partial charge in [-0.3, -0.25) is 0 Å². The van der Waals surface area contributed by atoms with Gasteiger partial charge in [0.1, 0.15) is 0 Å². The Morgan fingerprint density at radius 2 is 1.79 bits per heavy atom. The Morgan fingerprint density at radius 1 is 1.16 bits per heavy atom. The third kappa shape index (κ3) is 5.11. The summed E-state index contributed by atoms with van der Waals surface area (Å²) in [4.78, 5) is 0. The van der Waals surface area contributed by atoms with Crippen LogP contribution in [-0.4, -0.2) is 13.2 Å². The molecule has 0 radical (unpaired) electrons. The van der Waals surface area contributed by atoms with Gasteiger partial charge in [-0.05, 0) is 43.4 Å². The standard InChI is InChI=1S/C13H19NO2.C3H8/c1-15-12-7-6-10(9-14)8-13(12)16-11-4-2-3-5-11;1-3-2/h6-8,11H,2-5,9,14H2,1H3;3H2,1-2H3. The van der Waals surface area contributed by atoms with Gasteiger partial charge in [0, 0.05) is 6.54 Å². The molecule has 2 N–H and O–H groups in total. The van der Waals surface area contributed by atoms with E-state index < -0.39 is 0 Å². The maximum atomic E-state index is 5.96. The number of methoxy groups -OCH3 is 1. The van der Waals surface area contributed by atoms with Crippen LogP contribution in [-0.2, 0) is 6.54 Å². The Balaban J connectivity index is 0.000000550. The lowest BCUT2D eigenvalue weighted by Crippen LogP contribution is -2.12. The number of hydrogen-bond donors (Lipinski definition) is 1. The predicted octanol–water partition coefficient (Wildman–Crippen LogP) is 3.89. The van der Waals surface area contributed by atoms with E-state index in [4.69, 9.17) is 15.2 Å². The minimum absolute atomic E-state index is 0.349. The van der Waals surface area contributed by atoms with Crippen molar-refractivity contribution in [1.82, 2.24) is 0 Å². The van der Waals surface area contributed by atoms with Gasteiger partial charge in [-0.2, -0.15) is 0 Å². The van der Waals surface area contributed by atoms with Crippen LogP contribution >= 0.6 is 0 Å². The Bertz CT molecular complexity index is 360. The normalized spacial score (nSPS) is 14.7. The van der Waals surface area contributed by atoms with Gasteiger partial charge in [0.15, 0.2) is 11.5 Å². The predicted molar refractivity (Wildman–Crippen MR) is 79.7 cm³/mol. The van der Waals surface area contributed by atoms with Crippen LogP contribution < -0.4 is 15.2 Å². The average Bonchev–Trinajstić information content (AvgIpc) is 2.92. The fourth-order valence-corrected chi connectivity index (χ4v) is 2.13. The van der Waals surface area contributed by atoms with Gasteiger partial charge >= 0.3 is 0 Å². The van der Waals surface area contributed by atoms with E-state index >= 15 is 0 Å². The molecule has 2 rings (SSSR count). The summed E-state index contributed by atoms with van der Waals surface area (Å²) < 4.78 is 11.2. The van der Waals surface area contributed by atoms with E-state index in [0.717, 1.165) is 29.9 Å². The summed E-state index contributed by atoms with van der Waals surface area (Å²) in [6.45, 7) is 4.78. The van der Waals surface area contributed by atoms with Crippen molar-refractivity contribution in [3.05, 3.63) is 23.8 Å². The summed E-state index contributed by atoms with van der Waals surface area (Å²) in [7, 11) is 1.67. The number of benzene rings is 1. The lowest BCUT2D eigenvalue weighted by atomic mass is 10.2. The molecule has 0 aliphatic heterocycles. The van der Waals surface area contributed by atoms with Crippen molar-refractivity contribution in [2.75, 3.05) is 7.11 Å². The van der Waals surface area contributed by atoms with Crippen LogP contribution in [0.1, 0.15) is 51.5 Å². The molecule has 0 saturated heterocycles. The molecule has 1 fully saturated rings. The molecule has 1 aromatic carbocycles. The summed E-state index contributed by atoms with van der Waals surface area (Å²) in [6.07, 6.45) is 6.43. The highest BCUT2D eigenvalue weighted by molar-refractivity contribution is 5.43. The molecule has 0 bridgehead atoms. The Hall–Kier alpha value is -1.22. The molecule has 1 saturated carbocycles. The zero-order chi connectivity index (χ0) is 14.1. The van der Waals surface area contributed by atoms with E-state index in [0.29, 0.717) is 12.6 Å². The SMILES string of the molecule is CCC.COc1ccc(CN)cc1OC1CCCC1. The number of rotatable bonds is 4. The average molecular weight is 265 g/mol. The molecule has 0 spiro atoms. The number of ether oxygens (including phenoxy) is 2. The Labute approximate surface area is 117 Å². The first-order valence-corrected chi connectivity index (χ1v) is 7.28. The van der Waals surface area contributed by atoms with Crippen LogP contribution in [0.3, 0.4) is 0 Å². The van der Waals surface area contributed by atoms with Crippen molar-refractivity contribution in [2.45, 2.75) is 58.6 Å². The molecule has 0 amide bonds. The van der Waals surface area contributed by atoms with E-state index in [1.807, 2.05) is 18.2 Å². The van der Waals surface area contributed by atoms with Crippen molar-refractivity contribution in [3.63, 3.8) is 0 Å². The van der Waals surface area contributed by atoms with Crippen molar-refractivity contribution in [2.24, 2.45) is 5.73 Å². The lowest BCUT2D eigenvalue weighted by Gasteiger charge is -2.16. The topological polar surface area (TPSA) is 44.5 Å². The first-order valence-electron chi connectivity index (χ1n) is 7.28. The molecule has 1 aliphatic carbocycles. The van der Waals surface area contributed by atoms with E-state index in [2.05, 4.69) is 13.8 Å². The molecule has 3 heteroatoms. The molecule has 1 aromatic rings. The van der Waals surface area contributed by atoms with Crippen LogP contribution in [0.2, 0.25) is 0 Å². The van der Waals surface area contributed by atoms with Crippen molar-refractivity contribution in [1.29, 1.82) is 0 Å². The molecule has 108 valence electrons. The first kappa shape index (κ1) is 15.8. The van der Waals surface area contributed by atoms with Gasteiger partial charge in [-0.15, -0.1) is 0 Å². The summed E-state index contributed by atoms with van der Waals surface area (Å²) in [6, 6.07) is 5.88. The Morgan fingerprint density at radius 3 is 2.32 bits per heavy atom. The number of hydrogen-bond acceptors (Lipinski definition) is 3. The molecule has 19 heavy (non-hydrogen) atoms. The van der Waals surface area contributed by atoms with Crippen LogP contribution in [0, 0.1) is 0 Å². The molecular formula is C16H27NO2. The van der Waals surface area contributed by atoms with Gasteiger partial charge in [-0.25, -0.2) is 0 Å². The van der Waals surface area contributed by atoms with E-state index in [1.165, 1.54) is 19.3 Å². The molecule has 0 aromatic heterocycles. The third-order valence-corrected chi connectivity index (χ3v) is 3.06. The van der Waals surface area contributed by atoms with E-state index in [9.17, 15) is 0 Å². The highest BCUT2D eigenvalue weighted by atomic mass is 16.5. The highest BCUT2D eigenvalue weighted by Crippen LogP contribution is 2.32. The van der Waals surface area contributed by atoms with E-state index in [1.54, 1.807) is 7.11 Å². The molecule has 0 unspecified atom stereocenters. The largest absolute Gasteiger partial charge is 0.493 e. The first-order chi connectivity index (χ1) is 9.24. The van der Waals surface area contributed by atoms with Crippen LogP contribution in [0.4, 0.5) is 0 Å². The maximum Gasteiger partial charge on any atom is 0.161 e. The van der Waals surface area contributed by atoms with Gasteiger partial charge in [0.25, 0.3) is 0 Å². The summed E-state index contributed by atoms with van der Waals surface area (Å²) in [5.41, 5.74) is 6.70. The molecule has 3 nitrogen and oxygen atoms in total. The Kier molecular flexibility index (Phi) is 7.34. The highest BCUT2D eigenvalue weighted by Gasteiger charge is 2.18. The van der Waals surface area contributed by atoms with Crippen molar-refractivity contribution in [3.8, 4) is 11.5 Å². The van der Waals surface area contributed by atoms with Gasteiger partial charge in [0.2, 0.25) is 0 Å². The zero-order valence-electron chi connectivity index (χ0n) is 12.4. The zero-order valence-corrected chi connectivity index (χ0v) is 12.4. The lowest BCUT2D eigenvalue weighted by molar-refractivity contribution is 0.200. The van der Waals surface area contributed by atoms with Crippen molar-refractivity contribution >= 4 is 0 Å². The molecule has 0 atom stereocenters. The minimum atomic E-state index is 0.349. The fraction of sp³-hybridized carbons (Fsp3) is 0.625. The minimum Gasteiger partial charge on any atom is -0.493 e. The monoisotopic (exact) mass is 265 g/mol. The van der Waals surface area contributed by atoms with Crippen LogP contribution in [0.5, 0.6) is 11.5 Å². The smallest absolute Gasteiger partial charge is 0.161 e. The molecular weight excluding hydrogens is 238 g/mol. The summed E-state index contributed by atoms with van der Waals surface area (Å²) >= 11 is 0. The van der Waals surface area contributed by atoms with Crippen molar-refractivity contribution < 1.29 is 9.47 Å². The second-order valence-electron chi connectivity index (χ2n) is 4.92. The fourth-order valence-electron chi connectivity index (χ4n) is 2.13. The second kappa shape index (κ2) is 8.81. The maximum absolute atomic E-state index is 5.96. The van der Waals surface area contributed by atoms with Gasteiger partial charge < -0.3 is 15.2 Å². The molecule has 0 heterocycles. The third-order valence-electron chi connectivity index (χ3n) is 3.06. The van der Waals surface area contributed by atoms with E-state index in [-0.39, 0.29) is 0 Å². The summed E-state index contributed by atoms with van der Waals surface area (Å²) in [5.74, 6) is 1.63. The van der Waals surface area contributed by atoms with Gasteiger partial charge in [0.05, 0.1) is 13.2 Å². The second-order valence-corrected chi connectivity index (χ2v) is 4.92.